The third-order valence-electron chi connectivity index (χ3n) is 4.12. The van der Waals surface area contributed by atoms with Gasteiger partial charge in [-0.05, 0) is 43.5 Å². The maximum absolute atomic E-state index is 13.9. The van der Waals surface area contributed by atoms with Gasteiger partial charge in [-0.25, -0.2) is 13.2 Å². The molecular weight excluding hydrogens is 319 g/mol. The van der Waals surface area contributed by atoms with Crippen molar-refractivity contribution >= 4 is 17.4 Å². The van der Waals surface area contributed by atoms with E-state index in [0.717, 1.165) is 24.1 Å². The van der Waals surface area contributed by atoms with Crippen LogP contribution in [-0.4, -0.2) is 18.2 Å². The summed E-state index contributed by atoms with van der Waals surface area (Å²) in [5.41, 5.74) is 1.25. The quantitative estimate of drug-likeness (QED) is 0.617. The van der Waals surface area contributed by atoms with Gasteiger partial charge in [0, 0.05) is 17.8 Å². The van der Waals surface area contributed by atoms with Crippen molar-refractivity contribution in [2.24, 2.45) is 0 Å². The minimum Gasteiger partial charge on any atom is -0.308 e. The van der Waals surface area contributed by atoms with Crippen LogP contribution >= 0.6 is 0 Å². The molecule has 0 spiro atoms. The highest BCUT2D eigenvalue weighted by Gasteiger charge is 2.28. The number of hydrogen-bond donors (Lipinski definition) is 0. The maximum atomic E-state index is 13.9. The summed E-state index contributed by atoms with van der Waals surface area (Å²) >= 11 is 0. The van der Waals surface area contributed by atoms with Crippen molar-refractivity contribution in [3.05, 3.63) is 64.5 Å². The molecule has 0 unspecified atom stereocenters. The van der Waals surface area contributed by atoms with E-state index >= 15 is 0 Å². The number of carbonyl (C=O) groups excluding carboxylic acids is 2. The Morgan fingerprint density at radius 3 is 2.50 bits per heavy atom. The zero-order chi connectivity index (χ0) is 17.4. The Bertz CT molecular complexity index is 848. The van der Waals surface area contributed by atoms with E-state index in [-0.39, 0.29) is 5.78 Å². The van der Waals surface area contributed by atoms with Crippen molar-refractivity contribution < 1.29 is 22.8 Å². The van der Waals surface area contributed by atoms with E-state index in [1.165, 1.54) is 11.8 Å². The van der Waals surface area contributed by atoms with Crippen molar-refractivity contribution in [3.63, 3.8) is 0 Å². The number of halogens is 3. The summed E-state index contributed by atoms with van der Waals surface area (Å²) in [6, 6.07) is 6.66. The molecule has 0 bridgehead atoms. The molecule has 0 atom stereocenters. The van der Waals surface area contributed by atoms with Gasteiger partial charge in [-0.15, -0.1) is 0 Å². The number of fused-ring (bicyclic) bond motifs is 1. The molecule has 1 amide bonds. The summed E-state index contributed by atoms with van der Waals surface area (Å²) < 4.78 is 40.4. The van der Waals surface area contributed by atoms with Gasteiger partial charge in [0.05, 0.1) is 5.56 Å². The number of benzene rings is 2. The summed E-state index contributed by atoms with van der Waals surface area (Å²) in [4.78, 5) is 25.5. The van der Waals surface area contributed by atoms with Crippen LogP contribution in [0.2, 0.25) is 0 Å². The topological polar surface area (TPSA) is 37.4 Å². The molecule has 1 heterocycles. The van der Waals surface area contributed by atoms with Crippen LogP contribution in [0.3, 0.4) is 0 Å². The first-order valence-electron chi connectivity index (χ1n) is 7.49. The minimum atomic E-state index is -1.67. The minimum absolute atomic E-state index is 0.158. The van der Waals surface area contributed by atoms with Crippen molar-refractivity contribution in [3.8, 4) is 0 Å². The number of amides is 1. The highest BCUT2D eigenvalue weighted by Crippen LogP contribution is 2.30. The molecule has 0 saturated heterocycles. The lowest BCUT2D eigenvalue weighted by Gasteiger charge is -2.30. The molecule has 2 aromatic carbocycles. The Morgan fingerprint density at radius 2 is 1.79 bits per heavy atom. The van der Waals surface area contributed by atoms with E-state index in [9.17, 15) is 22.8 Å². The zero-order valence-corrected chi connectivity index (χ0v) is 12.9. The number of aryl methyl sites for hydroxylation is 1. The molecule has 0 radical (unpaired) electrons. The van der Waals surface area contributed by atoms with Gasteiger partial charge in [-0.1, -0.05) is 12.1 Å². The number of Topliss-reactive ketones (excluding diaryl/α,β-unsaturated/α-hetero) is 1. The third-order valence-corrected chi connectivity index (χ3v) is 4.12. The summed E-state index contributed by atoms with van der Waals surface area (Å²) in [7, 11) is 0. The van der Waals surface area contributed by atoms with Crippen LogP contribution in [0.5, 0.6) is 0 Å². The van der Waals surface area contributed by atoms with E-state index in [4.69, 9.17) is 0 Å². The van der Waals surface area contributed by atoms with Gasteiger partial charge in [0.1, 0.15) is 0 Å². The predicted molar refractivity (Wildman–Crippen MR) is 82.8 cm³/mol. The molecule has 0 aromatic heterocycles. The molecule has 3 rings (SSSR count). The second-order valence-corrected chi connectivity index (χ2v) is 5.68. The number of hydrogen-bond acceptors (Lipinski definition) is 2. The van der Waals surface area contributed by atoms with E-state index < -0.39 is 28.9 Å². The van der Waals surface area contributed by atoms with Crippen LogP contribution in [-0.2, 0) is 6.42 Å². The molecule has 124 valence electrons. The van der Waals surface area contributed by atoms with Gasteiger partial charge in [0.15, 0.2) is 23.2 Å². The molecule has 2 aromatic rings. The maximum Gasteiger partial charge on any atom is 0.261 e. The Labute approximate surface area is 136 Å². The first-order chi connectivity index (χ1) is 11.4. The number of rotatable bonds is 2. The smallest absolute Gasteiger partial charge is 0.261 e. The summed E-state index contributed by atoms with van der Waals surface area (Å²) in [6.45, 7) is 1.72. The van der Waals surface area contributed by atoms with Crippen LogP contribution in [0, 0.1) is 17.5 Å². The number of carbonyl (C=O) groups is 2. The Morgan fingerprint density at radius 1 is 1.04 bits per heavy atom. The van der Waals surface area contributed by atoms with Gasteiger partial charge in [-0.3, -0.25) is 9.59 Å². The molecular formula is C18H14F3NO2. The fraction of sp³-hybridized carbons (Fsp3) is 0.222. The zero-order valence-electron chi connectivity index (χ0n) is 12.9. The van der Waals surface area contributed by atoms with Gasteiger partial charge in [-0.2, -0.15) is 0 Å². The molecule has 0 saturated carbocycles. The molecule has 0 aliphatic carbocycles. The average molecular weight is 333 g/mol. The number of ketones is 1. The SMILES string of the molecule is CC(=O)c1ccc2c(c1)N(C(=O)c1ccc(F)c(F)c1F)CCC2. The van der Waals surface area contributed by atoms with E-state index in [1.807, 2.05) is 0 Å². The van der Waals surface area contributed by atoms with E-state index in [0.29, 0.717) is 24.2 Å². The largest absolute Gasteiger partial charge is 0.308 e. The lowest BCUT2D eigenvalue weighted by atomic mass is 9.97. The van der Waals surface area contributed by atoms with Gasteiger partial charge in [0.25, 0.3) is 5.91 Å². The molecule has 6 heteroatoms. The Kier molecular flexibility index (Phi) is 4.13. The van der Waals surface area contributed by atoms with Crippen molar-refractivity contribution in [2.75, 3.05) is 11.4 Å². The van der Waals surface area contributed by atoms with E-state index in [2.05, 4.69) is 0 Å². The second-order valence-electron chi connectivity index (χ2n) is 5.68. The first kappa shape index (κ1) is 16.2. The molecule has 1 aliphatic rings. The molecule has 1 aliphatic heterocycles. The lowest BCUT2D eigenvalue weighted by Crippen LogP contribution is -2.36. The van der Waals surface area contributed by atoms with Crippen LogP contribution in [0.1, 0.15) is 39.6 Å². The predicted octanol–water partition coefficient (Wildman–Crippen LogP) is 3.90. The fourth-order valence-corrected chi connectivity index (χ4v) is 2.84. The fourth-order valence-electron chi connectivity index (χ4n) is 2.84. The number of nitrogens with zero attached hydrogens (tertiary/aromatic N) is 1. The summed E-state index contributed by atoms with van der Waals surface area (Å²) in [6.07, 6.45) is 1.38. The Balaban J connectivity index is 2.06. The normalized spacial score (nSPS) is 13.6. The van der Waals surface area contributed by atoms with E-state index in [1.54, 1.807) is 18.2 Å². The van der Waals surface area contributed by atoms with Crippen molar-refractivity contribution in [1.82, 2.24) is 0 Å². The van der Waals surface area contributed by atoms with Gasteiger partial charge < -0.3 is 4.90 Å². The van der Waals surface area contributed by atoms with Gasteiger partial charge in [0.2, 0.25) is 0 Å². The number of anilines is 1. The monoisotopic (exact) mass is 333 g/mol. The summed E-state index contributed by atoms with van der Waals surface area (Å²) in [5.74, 6) is -5.43. The van der Waals surface area contributed by atoms with Crippen molar-refractivity contribution in [1.29, 1.82) is 0 Å². The lowest BCUT2D eigenvalue weighted by molar-refractivity contribution is 0.0976. The first-order valence-corrected chi connectivity index (χ1v) is 7.49. The van der Waals surface area contributed by atoms with Crippen LogP contribution in [0.15, 0.2) is 30.3 Å². The Hall–Kier alpha value is -2.63. The highest BCUT2D eigenvalue weighted by molar-refractivity contribution is 6.07. The average Bonchev–Trinajstić information content (AvgIpc) is 2.58. The van der Waals surface area contributed by atoms with Crippen molar-refractivity contribution in [2.45, 2.75) is 19.8 Å². The van der Waals surface area contributed by atoms with Crippen LogP contribution < -0.4 is 4.90 Å². The van der Waals surface area contributed by atoms with Gasteiger partial charge >= 0.3 is 0 Å². The molecule has 3 nitrogen and oxygen atoms in total. The molecule has 0 fully saturated rings. The standard InChI is InChI=1S/C18H14F3NO2/c1-10(23)12-5-4-11-3-2-8-22(15(11)9-12)18(24)13-6-7-14(19)17(21)16(13)20/h4-7,9H,2-3,8H2,1H3. The van der Waals surface area contributed by atoms with Crippen LogP contribution in [0.25, 0.3) is 0 Å². The molecule has 24 heavy (non-hydrogen) atoms. The third kappa shape index (κ3) is 2.68. The van der Waals surface area contributed by atoms with Crippen LogP contribution in [0.4, 0.5) is 18.9 Å². The highest BCUT2D eigenvalue weighted by atomic mass is 19.2. The summed E-state index contributed by atoms with van der Waals surface area (Å²) in [5, 5.41) is 0. The second kappa shape index (κ2) is 6.11. The molecule has 0 N–H and O–H groups in total.